The number of aromatic hydroxyl groups is 1. The molecule has 0 fully saturated rings. The maximum absolute atomic E-state index is 12.0. The van der Waals surface area contributed by atoms with Crippen LogP contribution < -0.4 is 5.32 Å². The second-order valence-electron chi connectivity index (χ2n) is 5.90. The molecule has 1 unspecified atom stereocenters. The second kappa shape index (κ2) is 6.36. The number of carbonyl (C=O) groups is 2. The molecule has 0 radical (unpaired) electrons. The molecule has 0 aliphatic rings. The van der Waals surface area contributed by atoms with Gasteiger partial charge < -0.3 is 15.5 Å². The van der Waals surface area contributed by atoms with Crippen LogP contribution in [0.2, 0.25) is 0 Å². The van der Waals surface area contributed by atoms with Crippen LogP contribution >= 0.6 is 0 Å². The van der Waals surface area contributed by atoms with Crippen molar-refractivity contribution < 1.29 is 19.8 Å². The molecule has 0 spiro atoms. The fourth-order valence-corrected chi connectivity index (χ4v) is 1.95. The first kappa shape index (κ1) is 15.9. The normalized spacial score (nSPS) is 12.8. The number of carbonyl (C=O) groups excluding carboxylic acids is 1. The van der Waals surface area contributed by atoms with Crippen LogP contribution in [0.5, 0.6) is 5.75 Å². The monoisotopic (exact) mass is 280 g/mol. The quantitative estimate of drug-likeness (QED) is 0.763. The Hall–Kier alpha value is -2.11. The number of pyridine rings is 1. The summed E-state index contributed by atoms with van der Waals surface area (Å²) in [7, 11) is 0. The van der Waals surface area contributed by atoms with Gasteiger partial charge in [0.1, 0.15) is 5.75 Å². The second-order valence-corrected chi connectivity index (χ2v) is 5.90. The largest absolute Gasteiger partial charge is 0.505 e. The third-order valence-electron chi connectivity index (χ3n) is 2.62. The molecule has 0 aliphatic carbocycles. The molecular formula is C14H20N2O4. The van der Waals surface area contributed by atoms with Crippen LogP contribution in [0.15, 0.2) is 18.3 Å². The number of aliphatic carboxylic acids is 1. The lowest BCUT2D eigenvalue weighted by Gasteiger charge is -2.25. The van der Waals surface area contributed by atoms with Crippen molar-refractivity contribution in [1.29, 1.82) is 0 Å². The Kier molecular flexibility index (Phi) is 5.07. The molecule has 1 atom stereocenters. The predicted molar refractivity (Wildman–Crippen MR) is 73.5 cm³/mol. The van der Waals surface area contributed by atoms with E-state index in [0.717, 1.165) is 0 Å². The van der Waals surface area contributed by atoms with Crippen molar-refractivity contribution in [2.45, 2.75) is 39.7 Å². The minimum absolute atomic E-state index is 0.100. The molecule has 1 aromatic heterocycles. The number of aromatic nitrogens is 1. The molecule has 0 saturated heterocycles. The van der Waals surface area contributed by atoms with Gasteiger partial charge in [-0.2, -0.15) is 0 Å². The van der Waals surface area contributed by atoms with Gasteiger partial charge in [0, 0.05) is 12.2 Å². The van der Waals surface area contributed by atoms with Gasteiger partial charge in [0.2, 0.25) is 0 Å². The lowest BCUT2D eigenvalue weighted by Crippen LogP contribution is -2.39. The highest BCUT2D eigenvalue weighted by atomic mass is 16.4. The average molecular weight is 280 g/mol. The first-order valence-corrected chi connectivity index (χ1v) is 6.35. The summed E-state index contributed by atoms with van der Waals surface area (Å²) in [5.74, 6) is -1.78. The van der Waals surface area contributed by atoms with Crippen LogP contribution in [0, 0.1) is 5.41 Å². The lowest BCUT2D eigenvalue weighted by atomic mass is 9.87. The van der Waals surface area contributed by atoms with Crippen molar-refractivity contribution in [3.8, 4) is 5.75 Å². The van der Waals surface area contributed by atoms with Crippen LogP contribution in [0.3, 0.4) is 0 Å². The topological polar surface area (TPSA) is 99.5 Å². The van der Waals surface area contributed by atoms with Gasteiger partial charge in [-0.15, -0.1) is 0 Å². The van der Waals surface area contributed by atoms with Crippen LogP contribution in [-0.2, 0) is 4.79 Å². The van der Waals surface area contributed by atoms with E-state index < -0.39 is 17.9 Å². The fourth-order valence-electron chi connectivity index (χ4n) is 1.95. The van der Waals surface area contributed by atoms with Crippen molar-refractivity contribution >= 4 is 11.9 Å². The zero-order valence-corrected chi connectivity index (χ0v) is 11.9. The minimum atomic E-state index is -0.982. The van der Waals surface area contributed by atoms with Crippen LogP contribution in [0.1, 0.15) is 44.1 Å². The van der Waals surface area contributed by atoms with Crippen molar-refractivity contribution in [2.24, 2.45) is 5.41 Å². The number of carboxylic acid groups (broad SMARTS) is 1. The standard InChI is InChI=1S/C14H20N2O4/c1-14(2,3)8-9(7-11(18)19)16-13(20)12-10(17)5-4-6-15-12/h4-6,9,17H,7-8H2,1-3H3,(H,16,20)(H,18,19). The van der Waals surface area contributed by atoms with Crippen LogP contribution in [0.4, 0.5) is 0 Å². The van der Waals surface area contributed by atoms with Crippen LogP contribution in [0.25, 0.3) is 0 Å². The first-order chi connectivity index (χ1) is 9.19. The fraction of sp³-hybridized carbons (Fsp3) is 0.500. The van der Waals surface area contributed by atoms with E-state index in [-0.39, 0.29) is 23.3 Å². The Morgan fingerprint density at radius 2 is 2.05 bits per heavy atom. The predicted octanol–water partition coefficient (Wildman–Crippen LogP) is 1.80. The van der Waals surface area contributed by atoms with Gasteiger partial charge in [-0.05, 0) is 24.0 Å². The van der Waals surface area contributed by atoms with E-state index in [0.29, 0.717) is 6.42 Å². The summed E-state index contributed by atoms with van der Waals surface area (Å²) in [6.07, 6.45) is 1.74. The highest BCUT2D eigenvalue weighted by molar-refractivity contribution is 5.95. The molecule has 0 aromatic carbocycles. The number of nitrogens with one attached hydrogen (secondary N) is 1. The van der Waals surface area contributed by atoms with E-state index in [1.807, 2.05) is 20.8 Å². The van der Waals surface area contributed by atoms with Crippen molar-refractivity contribution in [3.05, 3.63) is 24.0 Å². The van der Waals surface area contributed by atoms with Crippen LogP contribution in [-0.4, -0.2) is 33.1 Å². The van der Waals surface area contributed by atoms with E-state index in [2.05, 4.69) is 10.3 Å². The molecule has 1 heterocycles. The Morgan fingerprint density at radius 3 is 2.55 bits per heavy atom. The van der Waals surface area contributed by atoms with E-state index >= 15 is 0 Å². The Balaban J connectivity index is 2.81. The summed E-state index contributed by atoms with van der Waals surface area (Å²) >= 11 is 0. The Labute approximate surface area is 117 Å². The molecule has 3 N–H and O–H groups in total. The smallest absolute Gasteiger partial charge is 0.305 e. The SMILES string of the molecule is CC(C)(C)CC(CC(=O)O)NC(=O)c1ncccc1O. The first-order valence-electron chi connectivity index (χ1n) is 6.35. The van der Waals surface area contributed by atoms with Crippen molar-refractivity contribution in [2.75, 3.05) is 0 Å². The molecule has 0 saturated carbocycles. The number of nitrogens with zero attached hydrogens (tertiary/aromatic N) is 1. The summed E-state index contributed by atoms with van der Waals surface area (Å²) in [6, 6.07) is 2.36. The zero-order chi connectivity index (χ0) is 15.3. The summed E-state index contributed by atoms with van der Waals surface area (Å²) in [6.45, 7) is 5.89. The minimum Gasteiger partial charge on any atom is -0.505 e. The maximum atomic E-state index is 12.0. The molecule has 0 bridgehead atoms. The highest BCUT2D eigenvalue weighted by Gasteiger charge is 2.24. The molecule has 20 heavy (non-hydrogen) atoms. The third kappa shape index (κ3) is 5.26. The van der Waals surface area contributed by atoms with Gasteiger partial charge in [-0.1, -0.05) is 20.8 Å². The Bertz CT molecular complexity index is 494. The number of carboxylic acids is 1. The molecule has 110 valence electrons. The number of amides is 1. The van der Waals surface area contributed by atoms with Gasteiger partial charge in [-0.25, -0.2) is 4.98 Å². The van der Waals surface area contributed by atoms with E-state index in [1.165, 1.54) is 18.3 Å². The van der Waals surface area contributed by atoms with Gasteiger partial charge in [0.25, 0.3) is 5.91 Å². The molecule has 1 aromatic rings. The average Bonchev–Trinajstić information content (AvgIpc) is 2.25. The molecule has 6 heteroatoms. The molecule has 1 rings (SSSR count). The molecule has 0 aliphatic heterocycles. The molecular weight excluding hydrogens is 260 g/mol. The third-order valence-corrected chi connectivity index (χ3v) is 2.62. The molecule has 6 nitrogen and oxygen atoms in total. The van der Waals surface area contributed by atoms with Gasteiger partial charge >= 0.3 is 5.97 Å². The highest BCUT2D eigenvalue weighted by Crippen LogP contribution is 2.23. The van der Waals surface area contributed by atoms with Gasteiger partial charge in [0.05, 0.1) is 6.42 Å². The summed E-state index contributed by atoms with van der Waals surface area (Å²) in [5, 5.41) is 21.1. The van der Waals surface area contributed by atoms with Crippen molar-refractivity contribution in [3.63, 3.8) is 0 Å². The zero-order valence-electron chi connectivity index (χ0n) is 11.9. The van der Waals surface area contributed by atoms with E-state index in [4.69, 9.17) is 5.11 Å². The summed E-state index contributed by atoms with van der Waals surface area (Å²) in [4.78, 5) is 26.7. The van der Waals surface area contributed by atoms with E-state index in [9.17, 15) is 14.7 Å². The van der Waals surface area contributed by atoms with Crippen molar-refractivity contribution in [1.82, 2.24) is 10.3 Å². The summed E-state index contributed by atoms with van der Waals surface area (Å²) < 4.78 is 0. The van der Waals surface area contributed by atoms with Gasteiger partial charge in [0.15, 0.2) is 5.69 Å². The number of hydrogen-bond acceptors (Lipinski definition) is 4. The maximum Gasteiger partial charge on any atom is 0.305 e. The number of rotatable bonds is 5. The lowest BCUT2D eigenvalue weighted by molar-refractivity contribution is -0.137. The summed E-state index contributed by atoms with van der Waals surface area (Å²) in [5.41, 5.74) is -0.226. The molecule has 1 amide bonds. The van der Waals surface area contributed by atoms with E-state index in [1.54, 1.807) is 0 Å². The Morgan fingerprint density at radius 1 is 1.40 bits per heavy atom. The van der Waals surface area contributed by atoms with Gasteiger partial charge in [-0.3, -0.25) is 9.59 Å². The number of hydrogen-bond donors (Lipinski definition) is 3.